The third-order valence-electron chi connectivity index (χ3n) is 4.22. The summed E-state index contributed by atoms with van der Waals surface area (Å²) in [5.41, 5.74) is 9.98. The summed E-state index contributed by atoms with van der Waals surface area (Å²) in [5.74, 6) is 0.273. The number of benzene rings is 2. The van der Waals surface area contributed by atoms with Crippen LogP contribution >= 0.6 is 11.8 Å². The van der Waals surface area contributed by atoms with Crippen LogP contribution in [0.3, 0.4) is 0 Å². The first-order valence-electron chi connectivity index (χ1n) is 8.51. The lowest BCUT2D eigenvalue weighted by Crippen LogP contribution is -2.03. The van der Waals surface area contributed by atoms with Crippen molar-refractivity contribution in [3.8, 4) is 0 Å². The topological polar surface area (TPSA) is 69.6 Å². The monoisotopic (exact) mass is 361 g/mol. The van der Waals surface area contributed by atoms with Crippen molar-refractivity contribution in [2.24, 2.45) is 0 Å². The Morgan fingerprint density at radius 2 is 1.58 bits per heavy atom. The highest BCUT2D eigenvalue weighted by Crippen LogP contribution is 2.41. The van der Waals surface area contributed by atoms with E-state index in [1.165, 1.54) is 11.1 Å². The van der Waals surface area contributed by atoms with E-state index < -0.39 is 0 Å². The second-order valence-electron chi connectivity index (χ2n) is 5.91. The molecule has 2 heterocycles. The molecule has 0 amide bonds. The van der Waals surface area contributed by atoms with Gasteiger partial charge in [0, 0.05) is 6.54 Å². The fourth-order valence-electron chi connectivity index (χ4n) is 2.94. The molecular formula is C20H19N5S. The van der Waals surface area contributed by atoms with E-state index in [1.807, 2.05) is 16.7 Å². The number of nitrogen functional groups attached to an aromatic ring is 1. The molecule has 0 unspecified atom stereocenters. The van der Waals surface area contributed by atoms with Crippen LogP contribution in [0, 0.1) is 0 Å². The van der Waals surface area contributed by atoms with Gasteiger partial charge in [-0.05, 0) is 18.1 Å². The first-order valence-corrected chi connectivity index (χ1v) is 9.39. The van der Waals surface area contributed by atoms with Gasteiger partial charge < -0.3 is 10.3 Å². The van der Waals surface area contributed by atoms with Crippen LogP contribution < -0.4 is 5.73 Å². The molecule has 0 aliphatic rings. The fourth-order valence-corrected chi connectivity index (χ4v) is 4.16. The lowest BCUT2D eigenvalue weighted by atomic mass is 10.0. The maximum Gasteiger partial charge on any atom is 0.223 e. The van der Waals surface area contributed by atoms with Crippen molar-refractivity contribution in [2.75, 3.05) is 5.73 Å². The zero-order valence-corrected chi connectivity index (χ0v) is 15.2. The third kappa shape index (κ3) is 3.15. The quantitative estimate of drug-likeness (QED) is 0.424. The molecule has 2 aromatic carbocycles. The molecule has 0 bridgehead atoms. The van der Waals surface area contributed by atoms with Gasteiger partial charge in [0.2, 0.25) is 5.95 Å². The maximum absolute atomic E-state index is 5.98. The van der Waals surface area contributed by atoms with Gasteiger partial charge in [0.25, 0.3) is 0 Å². The van der Waals surface area contributed by atoms with E-state index >= 15 is 0 Å². The summed E-state index contributed by atoms with van der Waals surface area (Å²) in [6.07, 6.45) is 1.79. The Kier molecular flexibility index (Phi) is 4.58. The zero-order valence-electron chi connectivity index (χ0n) is 14.4. The van der Waals surface area contributed by atoms with Gasteiger partial charge in [-0.2, -0.15) is 4.98 Å². The molecular weight excluding hydrogens is 342 g/mol. The van der Waals surface area contributed by atoms with E-state index in [2.05, 4.69) is 70.4 Å². The van der Waals surface area contributed by atoms with Crippen molar-refractivity contribution in [3.63, 3.8) is 0 Å². The van der Waals surface area contributed by atoms with Crippen LogP contribution in [-0.4, -0.2) is 19.5 Å². The van der Waals surface area contributed by atoms with E-state index in [9.17, 15) is 0 Å². The Hall–Kier alpha value is -2.86. The van der Waals surface area contributed by atoms with E-state index in [0.29, 0.717) is 0 Å². The van der Waals surface area contributed by atoms with Crippen LogP contribution in [0.15, 0.2) is 72.0 Å². The number of nitrogens with two attached hydrogens (primary N) is 1. The van der Waals surface area contributed by atoms with Gasteiger partial charge in [-0.1, -0.05) is 72.4 Å². The summed E-state index contributed by atoms with van der Waals surface area (Å²) in [7, 11) is 0. The highest BCUT2D eigenvalue weighted by Gasteiger charge is 2.20. The Morgan fingerprint density at radius 3 is 2.15 bits per heavy atom. The number of thioether (sulfide) groups is 1. The second-order valence-corrected chi connectivity index (χ2v) is 7.00. The average Bonchev–Trinajstić information content (AvgIpc) is 3.10. The molecule has 2 aromatic heterocycles. The van der Waals surface area contributed by atoms with E-state index in [4.69, 9.17) is 5.73 Å². The van der Waals surface area contributed by atoms with Gasteiger partial charge >= 0.3 is 0 Å². The molecule has 4 aromatic rings. The average molecular weight is 361 g/mol. The first-order chi connectivity index (χ1) is 12.8. The Bertz CT molecular complexity index is 975. The molecule has 0 fully saturated rings. The number of hydrogen-bond donors (Lipinski definition) is 1. The second kappa shape index (κ2) is 7.17. The Morgan fingerprint density at radius 1 is 0.962 bits per heavy atom. The minimum Gasteiger partial charge on any atom is -0.368 e. The predicted octanol–water partition coefficient (Wildman–Crippen LogP) is 4.31. The highest BCUT2D eigenvalue weighted by molar-refractivity contribution is 7.99. The van der Waals surface area contributed by atoms with Crippen LogP contribution in [0.2, 0.25) is 0 Å². The number of aryl methyl sites for hydroxylation is 1. The van der Waals surface area contributed by atoms with Crippen LogP contribution in [0.1, 0.15) is 23.3 Å². The number of nitrogens with zero attached hydrogens (tertiary/aromatic N) is 4. The maximum atomic E-state index is 5.98. The number of hydrogen-bond acceptors (Lipinski definition) is 5. The molecule has 0 saturated heterocycles. The largest absolute Gasteiger partial charge is 0.368 e. The minimum absolute atomic E-state index is 0.0988. The summed E-state index contributed by atoms with van der Waals surface area (Å²) >= 11 is 1.66. The van der Waals surface area contributed by atoms with Gasteiger partial charge in [0.1, 0.15) is 10.5 Å². The number of fused-ring (bicyclic) bond motifs is 1. The number of rotatable bonds is 5. The number of anilines is 1. The molecule has 130 valence electrons. The smallest absolute Gasteiger partial charge is 0.223 e. The number of aromatic nitrogens is 4. The molecule has 0 atom stereocenters. The van der Waals surface area contributed by atoms with Crippen molar-refractivity contribution in [1.29, 1.82) is 0 Å². The summed E-state index contributed by atoms with van der Waals surface area (Å²) in [4.78, 5) is 13.4. The number of imidazole rings is 1. The van der Waals surface area contributed by atoms with E-state index in [0.717, 1.165) is 22.7 Å². The summed E-state index contributed by atoms with van der Waals surface area (Å²) in [5, 5.41) is 0.902. The van der Waals surface area contributed by atoms with Gasteiger partial charge in [-0.25, -0.2) is 9.97 Å². The zero-order chi connectivity index (χ0) is 17.9. The Labute approximate surface area is 156 Å². The summed E-state index contributed by atoms with van der Waals surface area (Å²) in [6, 6.07) is 20.8. The standard InChI is InChI=1S/C20H19N5S/c1-2-25-13-22-16-18(25)23-20(21)24-19(16)26-17(14-9-5-3-6-10-14)15-11-7-4-8-12-15/h3-13,17H,2H2,1H3,(H2,21,23,24). The third-order valence-corrected chi connectivity index (χ3v) is 5.51. The van der Waals surface area contributed by atoms with Gasteiger partial charge in [0.15, 0.2) is 5.65 Å². The lowest BCUT2D eigenvalue weighted by Gasteiger charge is -2.17. The molecule has 0 spiro atoms. The van der Waals surface area contributed by atoms with Gasteiger partial charge in [0.05, 0.1) is 11.6 Å². The van der Waals surface area contributed by atoms with Crippen molar-refractivity contribution < 1.29 is 0 Å². The summed E-state index contributed by atoms with van der Waals surface area (Å²) < 4.78 is 1.98. The molecule has 26 heavy (non-hydrogen) atoms. The normalized spacial score (nSPS) is 11.3. The SMILES string of the molecule is CCn1cnc2c(SC(c3ccccc3)c3ccccc3)nc(N)nc21. The minimum atomic E-state index is 0.0988. The van der Waals surface area contributed by atoms with Crippen molar-refractivity contribution >= 4 is 28.9 Å². The van der Waals surface area contributed by atoms with Crippen LogP contribution in [0.25, 0.3) is 11.2 Å². The summed E-state index contributed by atoms with van der Waals surface area (Å²) in [6.45, 7) is 2.85. The molecule has 0 aliphatic carbocycles. The molecule has 0 saturated carbocycles. The molecule has 6 heteroatoms. The lowest BCUT2D eigenvalue weighted by molar-refractivity contribution is 0.777. The fraction of sp³-hybridized carbons (Fsp3) is 0.150. The molecule has 2 N–H and O–H groups in total. The molecule has 5 nitrogen and oxygen atoms in total. The molecule has 4 rings (SSSR count). The molecule has 0 radical (unpaired) electrons. The molecule has 0 aliphatic heterocycles. The van der Waals surface area contributed by atoms with Crippen LogP contribution in [0.4, 0.5) is 5.95 Å². The van der Waals surface area contributed by atoms with E-state index in [-0.39, 0.29) is 11.2 Å². The first kappa shape index (κ1) is 16.6. The van der Waals surface area contributed by atoms with Gasteiger partial charge in [-0.15, -0.1) is 0 Å². The van der Waals surface area contributed by atoms with Gasteiger partial charge in [-0.3, -0.25) is 0 Å². The van der Waals surface area contributed by atoms with Crippen molar-refractivity contribution in [2.45, 2.75) is 23.7 Å². The predicted molar refractivity (Wildman–Crippen MR) is 106 cm³/mol. The van der Waals surface area contributed by atoms with Crippen LogP contribution in [0.5, 0.6) is 0 Å². The highest BCUT2D eigenvalue weighted by atomic mass is 32.2. The van der Waals surface area contributed by atoms with Crippen molar-refractivity contribution in [1.82, 2.24) is 19.5 Å². The van der Waals surface area contributed by atoms with E-state index in [1.54, 1.807) is 18.1 Å². The van der Waals surface area contributed by atoms with Crippen LogP contribution in [-0.2, 0) is 6.54 Å². The Balaban J connectivity index is 1.82. The van der Waals surface area contributed by atoms with Crippen molar-refractivity contribution in [3.05, 3.63) is 78.1 Å².